The average molecular weight is 401 g/mol. The Morgan fingerprint density at radius 3 is 2.30 bits per heavy atom. The van der Waals surface area contributed by atoms with Crippen LogP contribution in [0, 0.1) is 17.8 Å². The van der Waals surface area contributed by atoms with Crippen molar-refractivity contribution in [2.75, 3.05) is 52.4 Å². The minimum atomic E-state index is -3.47. The van der Waals surface area contributed by atoms with Gasteiger partial charge in [0.2, 0.25) is 5.91 Å². The number of rotatable bonds is 6. The minimum Gasteiger partial charge on any atom is -0.355 e. The van der Waals surface area contributed by atoms with Gasteiger partial charge in [-0.15, -0.1) is 0 Å². The first kappa shape index (κ1) is 21.0. The van der Waals surface area contributed by atoms with Gasteiger partial charge in [0.1, 0.15) is 0 Å². The van der Waals surface area contributed by atoms with Gasteiger partial charge in [-0.1, -0.05) is 13.8 Å². The number of amides is 1. The van der Waals surface area contributed by atoms with Crippen molar-refractivity contribution in [1.82, 2.24) is 18.8 Å². The fraction of sp³-hybridized carbons (Fsp3) is 0.947. The first-order valence-electron chi connectivity index (χ1n) is 10.6. The van der Waals surface area contributed by atoms with Crippen LogP contribution in [0.3, 0.4) is 0 Å². The normalized spacial score (nSPS) is 31.9. The molecule has 7 nitrogen and oxygen atoms in total. The van der Waals surface area contributed by atoms with Gasteiger partial charge in [0.15, 0.2) is 0 Å². The van der Waals surface area contributed by atoms with E-state index >= 15 is 0 Å². The highest BCUT2D eigenvalue weighted by atomic mass is 32.2. The van der Waals surface area contributed by atoms with E-state index < -0.39 is 10.2 Å². The average Bonchev–Trinajstić information content (AvgIpc) is 3.14. The summed E-state index contributed by atoms with van der Waals surface area (Å²) in [6.07, 6.45) is 5.10. The molecule has 8 heteroatoms. The van der Waals surface area contributed by atoms with Crippen LogP contribution >= 0.6 is 0 Å². The van der Waals surface area contributed by atoms with Crippen molar-refractivity contribution < 1.29 is 13.2 Å². The molecule has 0 aliphatic carbocycles. The molecule has 3 saturated heterocycles. The topological polar surface area (TPSA) is 73.0 Å². The second-order valence-corrected chi connectivity index (χ2v) is 10.7. The first-order valence-corrected chi connectivity index (χ1v) is 12.0. The highest BCUT2D eigenvalue weighted by Gasteiger charge is 2.38. The summed E-state index contributed by atoms with van der Waals surface area (Å²) in [5.74, 6) is 0.553. The van der Waals surface area contributed by atoms with Crippen molar-refractivity contribution in [2.24, 2.45) is 17.8 Å². The van der Waals surface area contributed by atoms with E-state index in [0.29, 0.717) is 44.6 Å². The summed E-state index contributed by atoms with van der Waals surface area (Å²) >= 11 is 0. The SMILES string of the molecule is CC1CC(C)CN(S(=O)(=O)N2CCCC(C(=O)NCCN3CCCC3)C2)C1. The van der Waals surface area contributed by atoms with Gasteiger partial charge in [-0.05, 0) is 57.0 Å². The highest BCUT2D eigenvalue weighted by Crippen LogP contribution is 2.27. The summed E-state index contributed by atoms with van der Waals surface area (Å²) in [5, 5.41) is 3.03. The molecule has 1 N–H and O–H groups in total. The van der Waals surface area contributed by atoms with E-state index in [4.69, 9.17) is 0 Å². The summed E-state index contributed by atoms with van der Waals surface area (Å²) in [6.45, 7) is 10.1. The van der Waals surface area contributed by atoms with Crippen LogP contribution in [-0.2, 0) is 15.0 Å². The van der Waals surface area contributed by atoms with Crippen LogP contribution in [0.5, 0.6) is 0 Å². The lowest BCUT2D eigenvalue weighted by Gasteiger charge is -2.39. The van der Waals surface area contributed by atoms with Crippen LogP contribution < -0.4 is 5.32 Å². The van der Waals surface area contributed by atoms with Crippen molar-refractivity contribution in [3.63, 3.8) is 0 Å². The fourth-order valence-electron chi connectivity index (χ4n) is 4.81. The molecule has 0 radical (unpaired) electrons. The number of likely N-dealkylation sites (tertiary alicyclic amines) is 1. The number of carbonyl (C=O) groups is 1. The van der Waals surface area contributed by atoms with Crippen LogP contribution in [-0.4, -0.2) is 80.2 Å². The molecule has 0 aromatic heterocycles. The summed E-state index contributed by atoms with van der Waals surface area (Å²) in [5.41, 5.74) is 0. The summed E-state index contributed by atoms with van der Waals surface area (Å²) in [4.78, 5) is 14.9. The van der Waals surface area contributed by atoms with E-state index in [1.807, 2.05) is 0 Å². The predicted octanol–water partition coefficient (Wildman–Crippen LogP) is 1.13. The molecule has 0 saturated carbocycles. The van der Waals surface area contributed by atoms with E-state index in [1.165, 1.54) is 12.8 Å². The first-order chi connectivity index (χ1) is 12.9. The number of carbonyl (C=O) groups excluding carboxylic acids is 1. The molecule has 27 heavy (non-hydrogen) atoms. The van der Waals surface area contributed by atoms with Crippen molar-refractivity contribution in [2.45, 2.75) is 46.0 Å². The maximum atomic E-state index is 13.1. The van der Waals surface area contributed by atoms with Crippen LogP contribution in [0.2, 0.25) is 0 Å². The maximum absolute atomic E-state index is 13.1. The van der Waals surface area contributed by atoms with Gasteiger partial charge in [0.05, 0.1) is 5.92 Å². The number of hydrogen-bond donors (Lipinski definition) is 1. The number of hydrogen-bond acceptors (Lipinski definition) is 4. The second-order valence-electron chi connectivity index (χ2n) is 8.81. The van der Waals surface area contributed by atoms with Crippen LogP contribution in [0.4, 0.5) is 0 Å². The Kier molecular flexibility index (Phi) is 7.16. The lowest BCUT2D eigenvalue weighted by Crippen LogP contribution is -2.53. The lowest BCUT2D eigenvalue weighted by atomic mass is 9.94. The fourth-order valence-corrected chi connectivity index (χ4v) is 6.75. The van der Waals surface area contributed by atoms with Gasteiger partial charge in [-0.3, -0.25) is 4.79 Å². The third-order valence-corrected chi connectivity index (χ3v) is 8.10. The molecular formula is C19H36N4O3S. The standard InChI is InChI=1S/C19H36N4O3S/c1-16-12-17(2)14-23(13-16)27(25,26)22-10-5-6-18(15-22)19(24)20-7-11-21-8-3-4-9-21/h16-18H,3-15H2,1-2H3,(H,20,24). The lowest BCUT2D eigenvalue weighted by molar-refractivity contribution is -0.126. The third-order valence-electron chi connectivity index (χ3n) is 6.17. The predicted molar refractivity (Wildman–Crippen MR) is 106 cm³/mol. The molecule has 3 atom stereocenters. The zero-order valence-corrected chi connectivity index (χ0v) is 17.7. The Morgan fingerprint density at radius 2 is 1.63 bits per heavy atom. The molecule has 3 aliphatic rings. The van der Waals surface area contributed by atoms with Crippen LogP contribution in [0.25, 0.3) is 0 Å². The monoisotopic (exact) mass is 400 g/mol. The Balaban J connectivity index is 1.52. The Morgan fingerprint density at radius 1 is 0.963 bits per heavy atom. The summed E-state index contributed by atoms with van der Waals surface area (Å²) in [7, 11) is -3.47. The highest BCUT2D eigenvalue weighted by molar-refractivity contribution is 7.86. The third kappa shape index (κ3) is 5.43. The van der Waals surface area contributed by atoms with Crippen molar-refractivity contribution in [3.8, 4) is 0 Å². The van der Waals surface area contributed by atoms with E-state index in [1.54, 1.807) is 8.61 Å². The van der Waals surface area contributed by atoms with E-state index in [2.05, 4.69) is 24.1 Å². The van der Waals surface area contributed by atoms with Gasteiger partial charge in [-0.25, -0.2) is 0 Å². The van der Waals surface area contributed by atoms with Crippen LogP contribution in [0.15, 0.2) is 0 Å². The van der Waals surface area contributed by atoms with Gasteiger partial charge in [0, 0.05) is 39.3 Å². The Labute approximate surface area is 164 Å². The van der Waals surface area contributed by atoms with Gasteiger partial charge in [0.25, 0.3) is 10.2 Å². The molecule has 1 amide bonds. The summed E-state index contributed by atoms with van der Waals surface area (Å²) in [6, 6.07) is 0. The van der Waals surface area contributed by atoms with Gasteiger partial charge >= 0.3 is 0 Å². The van der Waals surface area contributed by atoms with E-state index in [-0.39, 0.29) is 11.8 Å². The molecule has 3 rings (SSSR count). The minimum absolute atomic E-state index is 0.00878. The largest absolute Gasteiger partial charge is 0.355 e. The number of nitrogens with one attached hydrogen (secondary N) is 1. The zero-order chi connectivity index (χ0) is 19.4. The number of nitrogens with zero attached hydrogens (tertiary/aromatic N) is 3. The quantitative estimate of drug-likeness (QED) is 0.726. The van der Waals surface area contributed by atoms with E-state index in [0.717, 1.165) is 38.9 Å². The molecule has 3 heterocycles. The molecule has 156 valence electrons. The molecule has 3 fully saturated rings. The molecule has 3 unspecified atom stereocenters. The van der Waals surface area contributed by atoms with Crippen molar-refractivity contribution in [1.29, 1.82) is 0 Å². The molecule has 0 aromatic rings. The number of piperidine rings is 2. The van der Waals surface area contributed by atoms with Gasteiger partial charge in [-0.2, -0.15) is 17.0 Å². The van der Waals surface area contributed by atoms with Gasteiger partial charge < -0.3 is 10.2 Å². The van der Waals surface area contributed by atoms with Crippen molar-refractivity contribution >= 4 is 16.1 Å². The molecule has 3 aliphatic heterocycles. The Hall–Kier alpha value is -0.700. The Bertz CT molecular complexity index is 596. The molecule has 0 spiro atoms. The van der Waals surface area contributed by atoms with E-state index in [9.17, 15) is 13.2 Å². The molecular weight excluding hydrogens is 364 g/mol. The summed E-state index contributed by atoms with van der Waals surface area (Å²) < 4.78 is 29.4. The molecule has 0 bridgehead atoms. The smallest absolute Gasteiger partial charge is 0.282 e. The van der Waals surface area contributed by atoms with Crippen molar-refractivity contribution in [3.05, 3.63) is 0 Å². The van der Waals surface area contributed by atoms with Crippen LogP contribution in [0.1, 0.15) is 46.0 Å². The second kappa shape index (κ2) is 9.20. The molecule has 0 aromatic carbocycles. The maximum Gasteiger partial charge on any atom is 0.282 e. The zero-order valence-electron chi connectivity index (χ0n) is 16.9.